The van der Waals surface area contributed by atoms with Crippen LogP contribution in [0.25, 0.3) is 11.3 Å². The second kappa shape index (κ2) is 8.03. The zero-order valence-electron chi connectivity index (χ0n) is 15.5. The van der Waals surface area contributed by atoms with Gasteiger partial charge in [0.1, 0.15) is 5.82 Å². The van der Waals surface area contributed by atoms with Crippen LogP contribution in [0.3, 0.4) is 0 Å². The van der Waals surface area contributed by atoms with Crippen LogP contribution in [-0.4, -0.2) is 32.9 Å². The molecule has 140 valence electrons. The first-order valence-corrected chi connectivity index (χ1v) is 9.28. The van der Waals surface area contributed by atoms with Crippen LogP contribution in [0.5, 0.6) is 0 Å². The average Bonchev–Trinajstić information content (AvgIpc) is 3.23. The molecular weight excluding hydrogens is 350 g/mol. The van der Waals surface area contributed by atoms with Crippen LogP contribution < -0.4 is 11.1 Å². The fourth-order valence-corrected chi connectivity index (χ4v) is 3.29. The summed E-state index contributed by atoms with van der Waals surface area (Å²) in [5.74, 6) is 0.766. The molecule has 1 aromatic carbocycles. The van der Waals surface area contributed by atoms with E-state index < -0.39 is 0 Å². The van der Waals surface area contributed by atoms with E-state index in [0.717, 1.165) is 31.0 Å². The quantitative estimate of drug-likeness (QED) is 0.709. The summed E-state index contributed by atoms with van der Waals surface area (Å²) in [6.45, 7) is 3.26. The van der Waals surface area contributed by atoms with E-state index >= 15 is 0 Å². The van der Waals surface area contributed by atoms with Crippen molar-refractivity contribution >= 4 is 17.5 Å². The fraction of sp³-hybridized carbons (Fsp3) is 0.238. The fourth-order valence-electron chi connectivity index (χ4n) is 3.29. The molecule has 0 unspecified atom stereocenters. The Balaban J connectivity index is 1.46. The van der Waals surface area contributed by atoms with Crippen molar-refractivity contribution in [3.63, 3.8) is 0 Å². The molecule has 3 N–H and O–H groups in total. The maximum atomic E-state index is 8.86. The zero-order valence-corrected chi connectivity index (χ0v) is 15.5. The smallest absolute Gasteiger partial charge is 0.229 e. The van der Waals surface area contributed by atoms with Crippen LogP contribution in [0.4, 0.5) is 17.5 Å². The molecule has 0 radical (unpaired) electrons. The van der Waals surface area contributed by atoms with Crippen molar-refractivity contribution in [3.8, 4) is 17.3 Å². The predicted molar refractivity (Wildman–Crippen MR) is 109 cm³/mol. The third-order valence-electron chi connectivity index (χ3n) is 4.79. The van der Waals surface area contributed by atoms with Crippen LogP contribution in [-0.2, 0) is 6.54 Å². The highest BCUT2D eigenvalue weighted by molar-refractivity contribution is 5.71. The Bertz CT molecular complexity index is 985. The van der Waals surface area contributed by atoms with Crippen molar-refractivity contribution in [1.29, 1.82) is 5.26 Å². The van der Waals surface area contributed by atoms with Gasteiger partial charge in [0.15, 0.2) is 0 Å². The first-order valence-electron chi connectivity index (χ1n) is 9.28. The standard InChI is InChI=1S/C21H21N7/c22-11-15-3-6-17(7-4-15)26-21-25-13-18(20(23)27-21)19-8-5-16(12-24-19)14-28-9-1-2-10-28/h3-8,12-13H,1-2,9-10,14H2,(H3,23,25,26,27). The van der Waals surface area contributed by atoms with Gasteiger partial charge in [-0.05, 0) is 61.8 Å². The van der Waals surface area contributed by atoms with Crippen molar-refractivity contribution in [2.75, 3.05) is 24.1 Å². The van der Waals surface area contributed by atoms with Gasteiger partial charge < -0.3 is 11.1 Å². The lowest BCUT2D eigenvalue weighted by molar-refractivity contribution is 0.331. The van der Waals surface area contributed by atoms with Gasteiger partial charge in [0.05, 0.1) is 22.9 Å². The minimum absolute atomic E-state index is 0.367. The summed E-state index contributed by atoms with van der Waals surface area (Å²) in [5, 5.41) is 11.9. The first-order chi connectivity index (χ1) is 13.7. The molecular formula is C21H21N7. The van der Waals surface area contributed by atoms with Crippen molar-refractivity contribution in [1.82, 2.24) is 19.9 Å². The van der Waals surface area contributed by atoms with Crippen LogP contribution in [0, 0.1) is 11.3 Å². The number of nitrogen functional groups attached to an aromatic ring is 1. The van der Waals surface area contributed by atoms with Crippen molar-refractivity contribution in [2.45, 2.75) is 19.4 Å². The van der Waals surface area contributed by atoms with Gasteiger partial charge in [0.25, 0.3) is 0 Å². The minimum atomic E-state index is 0.367. The summed E-state index contributed by atoms with van der Waals surface area (Å²) < 4.78 is 0. The molecule has 7 heteroatoms. The van der Waals surface area contributed by atoms with Gasteiger partial charge in [-0.25, -0.2) is 4.98 Å². The lowest BCUT2D eigenvalue weighted by atomic mass is 10.1. The number of rotatable bonds is 5. The number of hydrogen-bond acceptors (Lipinski definition) is 7. The number of anilines is 3. The maximum absolute atomic E-state index is 8.86. The van der Waals surface area contributed by atoms with Gasteiger partial charge in [-0.15, -0.1) is 0 Å². The second-order valence-corrected chi connectivity index (χ2v) is 6.84. The van der Waals surface area contributed by atoms with E-state index in [1.807, 2.05) is 12.3 Å². The Morgan fingerprint density at radius 3 is 2.46 bits per heavy atom. The highest BCUT2D eigenvalue weighted by Gasteiger charge is 2.13. The Morgan fingerprint density at radius 1 is 1.04 bits per heavy atom. The normalized spacial score (nSPS) is 14.0. The number of nitrogens with one attached hydrogen (secondary N) is 1. The molecule has 1 aliphatic heterocycles. The van der Waals surface area contributed by atoms with Gasteiger partial charge in [-0.3, -0.25) is 9.88 Å². The van der Waals surface area contributed by atoms with Crippen molar-refractivity contribution < 1.29 is 0 Å². The summed E-state index contributed by atoms with van der Waals surface area (Å²) in [6, 6.07) is 13.2. The molecule has 4 rings (SSSR count). The van der Waals surface area contributed by atoms with Crippen LogP contribution >= 0.6 is 0 Å². The van der Waals surface area contributed by atoms with Gasteiger partial charge >= 0.3 is 0 Å². The van der Waals surface area contributed by atoms with E-state index in [9.17, 15) is 0 Å². The van der Waals surface area contributed by atoms with Gasteiger partial charge in [-0.2, -0.15) is 10.2 Å². The molecule has 0 aliphatic carbocycles. The third-order valence-corrected chi connectivity index (χ3v) is 4.79. The Labute approximate surface area is 163 Å². The maximum Gasteiger partial charge on any atom is 0.229 e. The highest BCUT2D eigenvalue weighted by atomic mass is 15.1. The van der Waals surface area contributed by atoms with Gasteiger partial charge in [0, 0.05) is 24.6 Å². The number of nitrogens with zero attached hydrogens (tertiary/aromatic N) is 5. The number of aromatic nitrogens is 3. The molecule has 0 bridgehead atoms. The summed E-state index contributed by atoms with van der Waals surface area (Å²) in [4.78, 5) is 15.7. The van der Waals surface area contributed by atoms with Crippen LogP contribution in [0.2, 0.25) is 0 Å². The summed E-state index contributed by atoms with van der Waals surface area (Å²) >= 11 is 0. The highest BCUT2D eigenvalue weighted by Crippen LogP contribution is 2.24. The van der Waals surface area contributed by atoms with E-state index in [1.54, 1.807) is 30.5 Å². The van der Waals surface area contributed by atoms with Crippen molar-refractivity contribution in [2.24, 2.45) is 0 Å². The topological polar surface area (TPSA) is 104 Å². The molecule has 0 amide bonds. The number of benzene rings is 1. The first kappa shape index (κ1) is 17.9. The number of nitriles is 1. The SMILES string of the molecule is N#Cc1ccc(Nc2ncc(-c3ccc(CN4CCCC4)cn3)c(N)n2)cc1. The number of nitrogens with two attached hydrogens (primary N) is 1. The summed E-state index contributed by atoms with van der Waals surface area (Å²) in [5.41, 5.74) is 10.2. The molecule has 3 heterocycles. The monoisotopic (exact) mass is 371 g/mol. The molecule has 0 saturated carbocycles. The number of likely N-dealkylation sites (tertiary alicyclic amines) is 1. The van der Waals surface area contributed by atoms with E-state index in [2.05, 4.69) is 37.3 Å². The molecule has 28 heavy (non-hydrogen) atoms. The molecule has 2 aromatic heterocycles. The largest absolute Gasteiger partial charge is 0.383 e. The Kier molecular flexibility index (Phi) is 5.13. The zero-order chi connectivity index (χ0) is 19.3. The average molecular weight is 371 g/mol. The molecule has 0 spiro atoms. The molecule has 0 atom stereocenters. The number of pyridine rings is 1. The third kappa shape index (κ3) is 4.08. The van der Waals surface area contributed by atoms with Gasteiger partial charge in [0.2, 0.25) is 5.95 Å². The van der Waals surface area contributed by atoms with E-state index in [0.29, 0.717) is 22.9 Å². The van der Waals surface area contributed by atoms with Crippen molar-refractivity contribution in [3.05, 3.63) is 59.9 Å². The molecule has 1 fully saturated rings. The van der Waals surface area contributed by atoms with E-state index in [-0.39, 0.29) is 0 Å². The Hall–Kier alpha value is -3.50. The lowest BCUT2D eigenvalue weighted by Gasteiger charge is -2.14. The molecule has 7 nitrogen and oxygen atoms in total. The molecule has 3 aromatic rings. The second-order valence-electron chi connectivity index (χ2n) is 6.84. The van der Waals surface area contributed by atoms with E-state index in [1.165, 1.54) is 18.4 Å². The van der Waals surface area contributed by atoms with Crippen LogP contribution in [0.1, 0.15) is 24.0 Å². The van der Waals surface area contributed by atoms with Crippen LogP contribution in [0.15, 0.2) is 48.8 Å². The molecule has 1 saturated heterocycles. The summed E-state index contributed by atoms with van der Waals surface area (Å²) in [6.07, 6.45) is 6.14. The predicted octanol–water partition coefficient (Wildman–Crippen LogP) is 3.33. The summed E-state index contributed by atoms with van der Waals surface area (Å²) in [7, 11) is 0. The molecule has 1 aliphatic rings. The lowest BCUT2D eigenvalue weighted by Crippen LogP contribution is -2.18. The Morgan fingerprint density at radius 2 is 1.82 bits per heavy atom. The van der Waals surface area contributed by atoms with E-state index in [4.69, 9.17) is 11.0 Å². The van der Waals surface area contributed by atoms with Gasteiger partial charge in [-0.1, -0.05) is 6.07 Å². The number of hydrogen-bond donors (Lipinski definition) is 2. The minimum Gasteiger partial charge on any atom is -0.383 e.